The molecule has 2 aromatic carbocycles. The molecule has 4 rings (SSSR count). The standard InChI is InChI=1S/C21H27N2P/c24-21-8-4-2-6-18(21)9-13-22-14-11-19(12-15-22)23-16-10-17-5-1-3-7-20(17)23/h1-8,19H,9-16,24H2. The van der Waals surface area contributed by atoms with Gasteiger partial charge in [-0.2, -0.15) is 0 Å². The minimum atomic E-state index is 0.735. The predicted molar refractivity (Wildman–Crippen MR) is 106 cm³/mol. The second-order valence-corrected chi connectivity index (χ2v) is 7.72. The van der Waals surface area contributed by atoms with Crippen LogP contribution in [-0.4, -0.2) is 37.1 Å². The van der Waals surface area contributed by atoms with Crippen molar-refractivity contribution in [2.24, 2.45) is 0 Å². The van der Waals surface area contributed by atoms with Crippen molar-refractivity contribution >= 4 is 20.2 Å². The van der Waals surface area contributed by atoms with Crippen LogP contribution in [0.5, 0.6) is 0 Å². The Morgan fingerprint density at radius 3 is 2.50 bits per heavy atom. The number of benzene rings is 2. The molecule has 1 unspecified atom stereocenters. The van der Waals surface area contributed by atoms with Crippen LogP contribution in [0, 0.1) is 0 Å². The molecule has 0 N–H and O–H groups in total. The number of hydrogen-bond donors (Lipinski definition) is 0. The Kier molecular flexibility index (Phi) is 4.87. The Morgan fingerprint density at radius 1 is 0.917 bits per heavy atom. The molecular formula is C21H27N2P. The monoisotopic (exact) mass is 338 g/mol. The molecular weight excluding hydrogens is 311 g/mol. The summed E-state index contributed by atoms with van der Waals surface area (Å²) in [6, 6.07) is 18.4. The van der Waals surface area contributed by atoms with Gasteiger partial charge in [0.2, 0.25) is 0 Å². The largest absolute Gasteiger partial charge is 0.368 e. The summed E-state index contributed by atoms with van der Waals surface area (Å²) in [7, 11) is 2.87. The Balaban J connectivity index is 1.31. The van der Waals surface area contributed by atoms with Crippen LogP contribution in [-0.2, 0) is 12.8 Å². The first-order chi connectivity index (χ1) is 11.8. The van der Waals surface area contributed by atoms with Crippen LogP contribution in [0.1, 0.15) is 24.0 Å². The number of rotatable bonds is 4. The molecule has 2 heterocycles. The Labute approximate surface area is 148 Å². The van der Waals surface area contributed by atoms with Gasteiger partial charge in [0.1, 0.15) is 0 Å². The summed E-state index contributed by atoms with van der Waals surface area (Å²) >= 11 is 0. The lowest BCUT2D eigenvalue weighted by molar-refractivity contribution is 0.212. The summed E-state index contributed by atoms with van der Waals surface area (Å²) < 4.78 is 0. The van der Waals surface area contributed by atoms with E-state index in [1.165, 1.54) is 67.6 Å². The molecule has 1 saturated heterocycles. The van der Waals surface area contributed by atoms with Gasteiger partial charge >= 0.3 is 0 Å². The highest BCUT2D eigenvalue weighted by molar-refractivity contribution is 7.27. The summed E-state index contributed by atoms with van der Waals surface area (Å²) in [5.74, 6) is 0. The first-order valence-electron chi connectivity index (χ1n) is 9.21. The van der Waals surface area contributed by atoms with E-state index in [1.54, 1.807) is 0 Å². The van der Waals surface area contributed by atoms with Gasteiger partial charge in [-0.25, -0.2) is 0 Å². The maximum absolute atomic E-state index is 2.87. The van der Waals surface area contributed by atoms with Gasteiger partial charge in [-0.1, -0.05) is 42.5 Å². The van der Waals surface area contributed by atoms with Gasteiger partial charge in [-0.3, -0.25) is 0 Å². The molecule has 3 heteroatoms. The van der Waals surface area contributed by atoms with E-state index in [2.05, 4.69) is 67.6 Å². The molecule has 0 radical (unpaired) electrons. The van der Waals surface area contributed by atoms with Crippen molar-refractivity contribution in [1.82, 2.24) is 4.90 Å². The first-order valence-corrected chi connectivity index (χ1v) is 9.79. The predicted octanol–water partition coefficient (Wildman–Crippen LogP) is 3.26. The van der Waals surface area contributed by atoms with Crippen LogP contribution in [0.25, 0.3) is 0 Å². The Hall–Kier alpha value is -1.37. The second kappa shape index (κ2) is 7.25. The maximum atomic E-state index is 2.87. The normalized spacial score (nSPS) is 18.8. The van der Waals surface area contributed by atoms with Crippen molar-refractivity contribution in [1.29, 1.82) is 0 Å². The van der Waals surface area contributed by atoms with E-state index in [9.17, 15) is 0 Å². The molecule has 2 nitrogen and oxygen atoms in total. The van der Waals surface area contributed by atoms with Crippen LogP contribution in [0.3, 0.4) is 0 Å². The van der Waals surface area contributed by atoms with Crippen LogP contribution >= 0.6 is 9.24 Å². The molecule has 0 amide bonds. The topological polar surface area (TPSA) is 6.48 Å². The van der Waals surface area contributed by atoms with E-state index in [0.717, 1.165) is 12.5 Å². The van der Waals surface area contributed by atoms with Crippen molar-refractivity contribution in [2.75, 3.05) is 31.1 Å². The molecule has 1 atom stereocenters. The molecule has 1 fully saturated rings. The van der Waals surface area contributed by atoms with Crippen LogP contribution in [0.2, 0.25) is 0 Å². The van der Waals surface area contributed by atoms with Gasteiger partial charge in [-0.15, -0.1) is 9.24 Å². The number of para-hydroxylation sites is 1. The lowest BCUT2D eigenvalue weighted by atomic mass is 10.0. The molecule has 126 valence electrons. The Bertz CT molecular complexity index is 692. The quantitative estimate of drug-likeness (QED) is 0.790. The van der Waals surface area contributed by atoms with Gasteiger partial charge < -0.3 is 9.80 Å². The van der Waals surface area contributed by atoms with E-state index in [1.807, 2.05) is 0 Å². The number of fused-ring (bicyclic) bond motifs is 1. The highest BCUT2D eigenvalue weighted by atomic mass is 31.0. The molecule has 2 aliphatic rings. The van der Waals surface area contributed by atoms with E-state index in [-0.39, 0.29) is 0 Å². The fourth-order valence-electron chi connectivity index (χ4n) is 4.24. The fourth-order valence-corrected chi connectivity index (χ4v) is 4.59. The van der Waals surface area contributed by atoms with Gasteiger partial charge in [0.05, 0.1) is 0 Å². The number of anilines is 1. The maximum Gasteiger partial charge on any atom is 0.0402 e. The summed E-state index contributed by atoms with van der Waals surface area (Å²) in [5, 5.41) is 1.35. The minimum absolute atomic E-state index is 0.735. The van der Waals surface area contributed by atoms with Crippen molar-refractivity contribution in [2.45, 2.75) is 31.7 Å². The van der Waals surface area contributed by atoms with Crippen molar-refractivity contribution in [3.63, 3.8) is 0 Å². The number of piperidine rings is 1. The average molecular weight is 338 g/mol. The number of nitrogens with zero attached hydrogens (tertiary/aromatic N) is 2. The van der Waals surface area contributed by atoms with Crippen LogP contribution < -0.4 is 10.2 Å². The van der Waals surface area contributed by atoms with Crippen LogP contribution in [0.15, 0.2) is 48.5 Å². The second-order valence-electron chi connectivity index (χ2n) is 7.09. The van der Waals surface area contributed by atoms with Gasteiger partial charge in [-0.05, 0) is 48.2 Å². The van der Waals surface area contributed by atoms with Crippen molar-refractivity contribution in [3.8, 4) is 0 Å². The van der Waals surface area contributed by atoms with Crippen molar-refractivity contribution < 1.29 is 0 Å². The molecule has 0 bridgehead atoms. The Morgan fingerprint density at radius 2 is 1.67 bits per heavy atom. The van der Waals surface area contributed by atoms with Crippen molar-refractivity contribution in [3.05, 3.63) is 59.7 Å². The van der Waals surface area contributed by atoms with E-state index < -0.39 is 0 Å². The number of hydrogen-bond acceptors (Lipinski definition) is 2. The molecule has 24 heavy (non-hydrogen) atoms. The molecule has 0 aliphatic carbocycles. The zero-order chi connectivity index (χ0) is 16.4. The third-order valence-electron chi connectivity index (χ3n) is 5.67. The van der Waals surface area contributed by atoms with Gasteiger partial charge in [0, 0.05) is 37.9 Å². The third kappa shape index (κ3) is 3.36. The number of likely N-dealkylation sites (tertiary alicyclic amines) is 1. The highest BCUT2D eigenvalue weighted by Gasteiger charge is 2.28. The van der Waals surface area contributed by atoms with E-state index in [0.29, 0.717) is 0 Å². The fraction of sp³-hybridized carbons (Fsp3) is 0.429. The third-order valence-corrected chi connectivity index (χ3v) is 6.24. The molecule has 0 saturated carbocycles. The summed E-state index contributed by atoms with van der Waals surface area (Å²) in [6.07, 6.45) is 4.99. The molecule has 0 aromatic heterocycles. The molecule has 2 aliphatic heterocycles. The first kappa shape index (κ1) is 16.1. The zero-order valence-corrected chi connectivity index (χ0v) is 15.5. The van der Waals surface area contributed by atoms with Crippen LogP contribution in [0.4, 0.5) is 5.69 Å². The van der Waals surface area contributed by atoms with E-state index >= 15 is 0 Å². The van der Waals surface area contributed by atoms with Gasteiger partial charge in [0.15, 0.2) is 0 Å². The summed E-state index contributed by atoms with van der Waals surface area (Å²) in [6.45, 7) is 4.88. The highest BCUT2D eigenvalue weighted by Crippen LogP contribution is 2.32. The SMILES string of the molecule is Pc1ccccc1CCN1CCC(N2CCc3ccccc32)CC1. The minimum Gasteiger partial charge on any atom is -0.368 e. The molecule has 0 spiro atoms. The zero-order valence-electron chi connectivity index (χ0n) is 14.3. The summed E-state index contributed by atoms with van der Waals surface area (Å²) in [5.41, 5.74) is 4.50. The lowest BCUT2D eigenvalue weighted by Crippen LogP contribution is -2.45. The summed E-state index contributed by atoms with van der Waals surface area (Å²) in [4.78, 5) is 5.32. The molecule has 2 aromatic rings. The smallest absolute Gasteiger partial charge is 0.0402 e. The lowest BCUT2D eigenvalue weighted by Gasteiger charge is -2.38. The average Bonchev–Trinajstić information content (AvgIpc) is 3.06. The van der Waals surface area contributed by atoms with E-state index in [4.69, 9.17) is 0 Å². The van der Waals surface area contributed by atoms with Gasteiger partial charge in [0.25, 0.3) is 0 Å².